The minimum Gasteiger partial charge on any atom is -0.357 e. The van der Waals surface area contributed by atoms with Crippen molar-refractivity contribution in [1.82, 2.24) is 15.5 Å². The van der Waals surface area contributed by atoms with Crippen LogP contribution in [0.15, 0.2) is 29.3 Å². The second-order valence-corrected chi connectivity index (χ2v) is 7.11. The summed E-state index contributed by atoms with van der Waals surface area (Å²) in [7, 11) is 3.47. The van der Waals surface area contributed by atoms with E-state index in [2.05, 4.69) is 60.7 Å². The Morgan fingerprint density at radius 2 is 1.72 bits per heavy atom. The van der Waals surface area contributed by atoms with E-state index < -0.39 is 0 Å². The van der Waals surface area contributed by atoms with Crippen molar-refractivity contribution in [1.29, 1.82) is 0 Å². The van der Waals surface area contributed by atoms with Crippen molar-refractivity contribution in [2.45, 2.75) is 39.5 Å². The fourth-order valence-corrected chi connectivity index (χ4v) is 2.13. The Hall–Kier alpha value is -1.31. The first kappa shape index (κ1) is 23.7. The topological polar surface area (TPSA) is 56.7 Å². The molecule has 0 bridgehead atoms. The van der Waals surface area contributed by atoms with E-state index in [4.69, 9.17) is 0 Å². The maximum absolute atomic E-state index is 11.6. The first-order valence-corrected chi connectivity index (χ1v) is 8.55. The second-order valence-electron chi connectivity index (χ2n) is 7.11. The lowest BCUT2D eigenvalue weighted by Gasteiger charge is -2.19. The maximum Gasteiger partial charge on any atom is 0.243 e. The maximum atomic E-state index is 11.6. The highest BCUT2D eigenvalue weighted by molar-refractivity contribution is 14.0. The van der Waals surface area contributed by atoms with Crippen LogP contribution >= 0.6 is 24.0 Å². The van der Waals surface area contributed by atoms with Gasteiger partial charge < -0.3 is 15.5 Å². The number of likely N-dealkylation sites (N-methyl/N-ethyl adjacent to an activating group) is 1. The molecule has 0 heterocycles. The molecule has 0 radical (unpaired) electrons. The average molecular weight is 460 g/mol. The highest BCUT2D eigenvalue weighted by atomic mass is 127. The van der Waals surface area contributed by atoms with E-state index in [0.717, 1.165) is 19.5 Å². The summed E-state index contributed by atoms with van der Waals surface area (Å²) in [6.45, 7) is 10.4. The minimum atomic E-state index is -0.00929. The number of halogens is 1. The molecule has 2 N–H and O–H groups in total. The van der Waals surface area contributed by atoms with Gasteiger partial charge in [0, 0.05) is 27.2 Å². The van der Waals surface area contributed by atoms with Gasteiger partial charge in [-0.1, -0.05) is 45.0 Å². The number of aliphatic imine (C=N–C) groups is 1. The molecule has 1 aromatic rings. The third-order valence-corrected chi connectivity index (χ3v) is 3.74. The molecule has 0 fully saturated rings. The van der Waals surface area contributed by atoms with Crippen molar-refractivity contribution in [3.05, 3.63) is 35.4 Å². The summed E-state index contributed by atoms with van der Waals surface area (Å²) in [5, 5.41) is 6.44. The fraction of sp³-hybridized carbons (Fsp3) is 0.579. The van der Waals surface area contributed by atoms with Crippen LogP contribution in [0.1, 0.15) is 38.8 Å². The van der Waals surface area contributed by atoms with Gasteiger partial charge in [-0.2, -0.15) is 0 Å². The van der Waals surface area contributed by atoms with Gasteiger partial charge in [-0.25, -0.2) is 4.99 Å². The molecule has 0 aromatic heterocycles. The largest absolute Gasteiger partial charge is 0.357 e. The molecule has 0 aliphatic heterocycles. The molecular weight excluding hydrogens is 427 g/mol. The highest BCUT2D eigenvalue weighted by Crippen LogP contribution is 2.22. The molecule has 0 saturated heterocycles. The van der Waals surface area contributed by atoms with Crippen molar-refractivity contribution < 1.29 is 4.79 Å². The summed E-state index contributed by atoms with van der Waals surface area (Å²) >= 11 is 0. The zero-order valence-corrected chi connectivity index (χ0v) is 18.7. The van der Waals surface area contributed by atoms with Gasteiger partial charge in [-0.05, 0) is 29.9 Å². The lowest BCUT2D eigenvalue weighted by molar-refractivity contribution is -0.127. The van der Waals surface area contributed by atoms with E-state index in [1.807, 2.05) is 6.92 Å². The van der Waals surface area contributed by atoms with Crippen LogP contribution in [0.3, 0.4) is 0 Å². The molecule has 1 aromatic carbocycles. The molecule has 142 valence electrons. The van der Waals surface area contributed by atoms with Crippen LogP contribution in [0.5, 0.6) is 0 Å². The summed E-state index contributed by atoms with van der Waals surface area (Å²) in [5.41, 5.74) is 2.81. The third-order valence-electron chi connectivity index (χ3n) is 3.74. The quantitative estimate of drug-likeness (QED) is 0.390. The molecule has 1 rings (SSSR count). The Labute approximate surface area is 169 Å². The van der Waals surface area contributed by atoms with Crippen molar-refractivity contribution in [2.24, 2.45) is 4.99 Å². The van der Waals surface area contributed by atoms with Crippen molar-refractivity contribution in [2.75, 3.05) is 33.7 Å². The molecule has 6 heteroatoms. The number of rotatable bonds is 6. The van der Waals surface area contributed by atoms with Crippen LogP contribution in [-0.2, 0) is 16.6 Å². The normalized spacial score (nSPS) is 11.5. The van der Waals surface area contributed by atoms with E-state index in [1.165, 1.54) is 11.1 Å². The lowest BCUT2D eigenvalue weighted by Crippen LogP contribution is -2.39. The lowest BCUT2D eigenvalue weighted by atomic mass is 9.86. The van der Waals surface area contributed by atoms with Crippen LogP contribution in [0.25, 0.3) is 0 Å². The number of guanidine groups is 1. The van der Waals surface area contributed by atoms with Crippen LogP contribution in [0.4, 0.5) is 0 Å². The van der Waals surface area contributed by atoms with Gasteiger partial charge in [-0.15, -0.1) is 24.0 Å². The number of nitrogens with zero attached hydrogens (tertiary/aromatic N) is 2. The number of nitrogens with one attached hydrogen (secondary N) is 2. The Bertz CT molecular complexity index is 548. The molecule has 0 atom stereocenters. The van der Waals surface area contributed by atoms with E-state index >= 15 is 0 Å². The van der Waals surface area contributed by atoms with Gasteiger partial charge in [0.25, 0.3) is 0 Å². The number of carbonyl (C=O) groups excluding carboxylic acids is 1. The molecule has 0 aliphatic rings. The third kappa shape index (κ3) is 9.09. The molecule has 1 amide bonds. The van der Waals surface area contributed by atoms with E-state index in [9.17, 15) is 4.79 Å². The number of carbonyl (C=O) groups is 1. The average Bonchev–Trinajstić information content (AvgIpc) is 2.51. The minimum absolute atomic E-state index is 0. The van der Waals surface area contributed by atoms with Crippen molar-refractivity contribution in [3.8, 4) is 0 Å². The van der Waals surface area contributed by atoms with E-state index in [0.29, 0.717) is 5.96 Å². The summed E-state index contributed by atoms with van der Waals surface area (Å²) in [4.78, 5) is 17.5. The predicted molar refractivity (Wildman–Crippen MR) is 117 cm³/mol. The smallest absolute Gasteiger partial charge is 0.243 e. The Morgan fingerprint density at radius 3 is 2.20 bits per heavy atom. The standard InChI is InChI=1S/C19H32N4O.HI/c1-7-20-18(22-14-17(24)23(5)6)21-13-12-15-8-10-16(11-9-15)19(2,3)4;/h8-11H,7,12-14H2,1-6H3,(H2,20,21,22);1H. The molecule has 0 spiro atoms. The summed E-state index contributed by atoms with van der Waals surface area (Å²) < 4.78 is 0. The number of benzene rings is 1. The van der Waals surface area contributed by atoms with Crippen LogP contribution in [0, 0.1) is 0 Å². The first-order valence-electron chi connectivity index (χ1n) is 8.55. The van der Waals surface area contributed by atoms with Crippen LogP contribution in [-0.4, -0.2) is 50.5 Å². The van der Waals surface area contributed by atoms with Gasteiger partial charge in [0.1, 0.15) is 6.54 Å². The SMILES string of the molecule is CCNC(=NCC(=O)N(C)C)NCCc1ccc(C(C)(C)C)cc1.I. The molecular formula is C19H33IN4O. The Kier molecular flexibility index (Phi) is 10.7. The fourth-order valence-electron chi connectivity index (χ4n) is 2.13. The zero-order valence-electron chi connectivity index (χ0n) is 16.3. The van der Waals surface area contributed by atoms with Crippen molar-refractivity contribution in [3.63, 3.8) is 0 Å². The number of hydrogen-bond donors (Lipinski definition) is 2. The first-order chi connectivity index (χ1) is 11.2. The highest BCUT2D eigenvalue weighted by Gasteiger charge is 2.12. The summed E-state index contributed by atoms with van der Waals surface area (Å²) in [6, 6.07) is 8.76. The molecule has 5 nitrogen and oxygen atoms in total. The Morgan fingerprint density at radius 1 is 1.12 bits per heavy atom. The molecule has 0 saturated carbocycles. The summed E-state index contributed by atoms with van der Waals surface area (Å²) in [5.74, 6) is 0.670. The van der Waals surface area contributed by atoms with E-state index in [-0.39, 0.29) is 41.8 Å². The second kappa shape index (κ2) is 11.3. The molecule has 25 heavy (non-hydrogen) atoms. The molecule has 0 unspecified atom stereocenters. The summed E-state index contributed by atoms with van der Waals surface area (Å²) in [6.07, 6.45) is 0.913. The van der Waals surface area contributed by atoms with Crippen molar-refractivity contribution >= 4 is 35.8 Å². The van der Waals surface area contributed by atoms with Gasteiger partial charge in [0.2, 0.25) is 5.91 Å². The van der Waals surface area contributed by atoms with Crippen LogP contribution < -0.4 is 10.6 Å². The van der Waals surface area contributed by atoms with Gasteiger partial charge in [0.05, 0.1) is 0 Å². The van der Waals surface area contributed by atoms with Crippen LogP contribution in [0.2, 0.25) is 0 Å². The number of hydrogen-bond acceptors (Lipinski definition) is 2. The zero-order chi connectivity index (χ0) is 18.2. The Balaban J connectivity index is 0.00000576. The monoisotopic (exact) mass is 460 g/mol. The van der Waals surface area contributed by atoms with Gasteiger partial charge >= 0.3 is 0 Å². The molecule has 0 aliphatic carbocycles. The predicted octanol–water partition coefficient (Wildman–Crippen LogP) is 2.79. The van der Waals surface area contributed by atoms with Gasteiger partial charge in [-0.3, -0.25) is 4.79 Å². The van der Waals surface area contributed by atoms with Gasteiger partial charge in [0.15, 0.2) is 5.96 Å². The van der Waals surface area contributed by atoms with E-state index in [1.54, 1.807) is 19.0 Å². The number of amides is 1.